The highest BCUT2D eigenvalue weighted by Crippen LogP contribution is 2.31. The fourth-order valence-electron chi connectivity index (χ4n) is 3.87. The van der Waals surface area contributed by atoms with Crippen molar-refractivity contribution in [1.29, 1.82) is 0 Å². The van der Waals surface area contributed by atoms with Gasteiger partial charge in [-0.05, 0) is 39.0 Å². The van der Waals surface area contributed by atoms with Gasteiger partial charge in [0.1, 0.15) is 0 Å². The molecule has 0 amide bonds. The van der Waals surface area contributed by atoms with Gasteiger partial charge in [-0.15, -0.1) is 0 Å². The maximum atomic E-state index is 5.51. The van der Waals surface area contributed by atoms with Crippen molar-refractivity contribution in [3.05, 3.63) is 0 Å². The predicted molar refractivity (Wildman–Crippen MR) is 85.1 cm³/mol. The van der Waals surface area contributed by atoms with Crippen LogP contribution in [0.1, 0.15) is 59.3 Å². The Kier molecular flexibility index (Phi) is 5.88. The SMILES string of the molecule is CCC1(C)CNC(C2CCCCC2)CN1CC(C)OC. The maximum Gasteiger partial charge on any atom is 0.0670 e. The summed E-state index contributed by atoms with van der Waals surface area (Å²) in [4.78, 5) is 2.69. The minimum atomic E-state index is 0.290. The first-order chi connectivity index (χ1) is 9.59. The fraction of sp³-hybridized carbons (Fsp3) is 1.00. The minimum Gasteiger partial charge on any atom is -0.380 e. The van der Waals surface area contributed by atoms with E-state index in [2.05, 4.69) is 31.0 Å². The molecule has 0 bridgehead atoms. The quantitative estimate of drug-likeness (QED) is 0.839. The molecular weight excluding hydrogens is 248 g/mol. The summed E-state index contributed by atoms with van der Waals surface area (Å²) in [5, 5.41) is 3.87. The smallest absolute Gasteiger partial charge is 0.0670 e. The second kappa shape index (κ2) is 7.24. The van der Waals surface area contributed by atoms with Gasteiger partial charge in [0.2, 0.25) is 0 Å². The molecule has 1 aliphatic carbocycles. The second-order valence-electron chi connectivity index (χ2n) is 7.19. The lowest BCUT2D eigenvalue weighted by molar-refractivity contribution is -0.0117. The zero-order valence-electron chi connectivity index (χ0n) is 14.0. The maximum absolute atomic E-state index is 5.51. The van der Waals surface area contributed by atoms with Crippen molar-refractivity contribution in [3.8, 4) is 0 Å². The molecule has 1 N–H and O–H groups in total. The molecule has 2 rings (SSSR count). The van der Waals surface area contributed by atoms with Gasteiger partial charge in [-0.1, -0.05) is 26.2 Å². The van der Waals surface area contributed by atoms with Gasteiger partial charge in [-0.25, -0.2) is 0 Å². The van der Waals surface area contributed by atoms with Crippen LogP contribution in [-0.2, 0) is 4.74 Å². The third kappa shape index (κ3) is 3.75. The van der Waals surface area contributed by atoms with E-state index in [1.165, 1.54) is 45.1 Å². The molecule has 0 aromatic rings. The van der Waals surface area contributed by atoms with Crippen LogP contribution in [-0.4, -0.2) is 49.3 Å². The Balaban J connectivity index is 1.99. The summed E-state index contributed by atoms with van der Waals surface area (Å²) in [6.07, 6.45) is 8.69. The van der Waals surface area contributed by atoms with Crippen molar-refractivity contribution in [2.45, 2.75) is 77.0 Å². The lowest BCUT2D eigenvalue weighted by atomic mass is 9.80. The third-order valence-electron chi connectivity index (χ3n) is 5.79. The van der Waals surface area contributed by atoms with Crippen LogP contribution in [0, 0.1) is 5.92 Å². The van der Waals surface area contributed by atoms with Gasteiger partial charge in [-0.3, -0.25) is 4.90 Å². The molecule has 1 aliphatic heterocycles. The predicted octanol–water partition coefficient (Wildman–Crippen LogP) is 3.04. The summed E-state index contributed by atoms with van der Waals surface area (Å²) in [7, 11) is 1.83. The number of hydrogen-bond donors (Lipinski definition) is 1. The number of rotatable bonds is 5. The topological polar surface area (TPSA) is 24.5 Å². The highest BCUT2D eigenvalue weighted by molar-refractivity contribution is 4.97. The molecule has 0 radical (unpaired) electrons. The fourth-order valence-corrected chi connectivity index (χ4v) is 3.87. The first-order valence-corrected chi connectivity index (χ1v) is 8.60. The van der Waals surface area contributed by atoms with Crippen LogP contribution >= 0.6 is 0 Å². The largest absolute Gasteiger partial charge is 0.380 e. The van der Waals surface area contributed by atoms with Gasteiger partial charge in [-0.2, -0.15) is 0 Å². The summed E-state index contributed by atoms with van der Waals surface area (Å²) in [5.74, 6) is 0.894. The summed E-state index contributed by atoms with van der Waals surface area (Å²) in [5.41, 5.74) is 0.290. The van der Waals surface area contributed by atoms with Crippen LogP contribution in [0.15, 0.2) is 0 Å². The lowest BCUT2D eigenvalue weighted by Gasteiger charge is -2.50. The highest BCUT2D eigenvalue weighted by Gasteiger charge is 2.39. The third-order valence-corrected chi connectivity index (χ3v) is 5.79. The zero-order valence-corrected chi connectivity index (χ0v) is 14.0. The second-order valence-corrected chi connectivity index (χ2v) is 7.19. The summed E-state index contributed by atoms with van der Waals surface area (Å²) in [6, 6.07) is 0.694. The van der Waals surface area contributed by atoms with Crippen LogP contribution in [0.25, 0.3) is 0 Å². The summed E-state index contributed by atoms with van der Waals surface area (Å²) < 4.78 is 5.51. The summed E-state index contributed by atoms with van der Waals surface area (Å²) in [6.45, 7) is 10.3. The number of hydrogen-bond acceptors (Lipinski definition) is 3. The average molecular weight is 282 g/mol. The van der Waals surface area contributed by atoms with Crippen molar-refractivity contribution in [2.24, 2.45) is 5.92 Å². The van der Waals surface area contributed by atoms with E-state index in [0.717, 1.165) is 19.0 Å². The Morgan fingerprint density at radius 1 is 1.30 bits per heavy atom. The molecule has 2 fully saturated rings. The van der Waals surface area contributed by atoms with E-state index in [1.807, 2.05) is 7.11 Å². The molecule has 0 aromatic carbocycles. The molecule has 1 saturated carbocycles. The highest BCUT2D eigenvalue weighted by atomic mass is 16.5. The molecule has 3 nitrogen and oxygen atoms in total. The van der Waals surface area contributed by atoms with Crippen molar-refractivity contribution in [2.75, 3.05) is 26.7 Å². The normalized spacial score (nSPS) is 35.1. The van der Waals surface area contributed by atoms with E-state index in [-0.39, 0.29) is 5.54 Å². The Morgan fingerprint density at radius 3 is 2.60 bits per heavy atom. The lowest BCUT2D eigenvalue weighted by Crippen LogP contribution is -2.65. The average Bonchev–Trinajstić information content (AvgIpc) is 2.50. The number of methoxy groups -OCH3 is 1. The first kappa shape index (κ1) is 16.3. The Labute approximate surface area is 125 Å². The van der Waals surface area contributed by atoms with Crippen molar-refractivity contribution < 1.29 is 4.74 Å². The standard InChI is InChI=1S/C17H34N2O/c1-5-17(3)13-18-16(15-9-7-6-8-10-15)12-19(17)11-14(2)20-4/h14-16,18H,5-13H2,1-4H3. The van der Waals surface area contributed by atoms with Crippen molar-refractivity contribution in [1.82, 2.24) is 10.2 Å². The van der Waals surface area contributed by atoms with Gasteiger partial charge in [0.25, 0.3) is 0 Å². The molecule has 118 valence electrons. The molecule has 2 aliphatic rings. The molecule has 0 aromatic heterocycles. The van der Waals surface area contributed by atoms with Gasteiger partial charge in [0, 0.05) is 38.3 Å². The van der Waals surface area contributed by atoms with E-state index in [4.69, 9.17) is 4.74 Å². The van der Waals surface area contributed by atoms with Gasteiger partial charge >= 0.3 is 0 Å². The van der Waals surface area contributed by atoms with E-state index < -0.39 is 0 Å². The summed E-state index contributed by atoms with van der Waals surface area (Å²) >= 11 is 0. The van der Waals surface area contributed by atoms with E-state index in [0.29, 0.717) is 12.1 Å². The Bertz CT molecular complexity index is 291. The monoisotopic (exact) mass is 282 g/mol. The van der Waals surface area contributed by atoms with Crippen LogP contribution in [0.3, 0.4) is 0 Å². The van der Waals surface area contributed by atoms with Crippen LogP contribution < -0.4 is 5.32 Å². The molecular formula is C17H34N2O. The van der Waals surface area contributed by atoms with Crippen LogP contribution in [0.2, 0.25) is 0 Å². The molecule has 1 saturated heterocycles. The molecule has 3 heteroatoms. The van der Waals surface area contributed by atoms with E-state index in [1.54, 1.807) is 0 Å². The molecule has 0 spiro atoms. The van der Waals surface area contributed by atoms with Gasteiger partial charge < -0.3 is 10.1 Å². The minimum absolute atomic E-state index is 0.290. The van der Waals surface area contributed by atoms with E-state index >= 15 is 0 Å². The Morgan fingerprint density at radius 2 is 2.00 bits per heavy atom. The van der Waals surface area contributed by atoms with Gasteiger partial charge in [0.15, 0.2) is 0 Å². The Hall–Kier alpha value is -0.120. The van der Waals surface area contributed by atoms with Crippen LogP contribution in [0.4, 0.5) is 0 Å². The van der Waals surface area contributed by atoms with Crippen LogP contribution in [0.5, 0.6) is 0 Å². The molecule has 3 atom stereocenters. The van der Waals surface area contributed by atoms with Crippen molar-refractivity contribution >= 4 is 0 Å². The number of ether oxygens (including phenoxy) is 1. The zero-order chi connectivity index (χ0) is 14.6. The number of piperazine rings is 1. The molecule has 1 heterocycles. The number of nitrogens with one attached hydrogen (secondary N) is 1. The molecule has 20 heavy (non-hydrogen) atoms. The van der Waals surface area contributed by atoms with E-state index in [9.17, 15) is 0 Å². The first-order valence-electron chi connectivity index (χ1n) is 8.60. The molecule has 3 unspecified atom stereocenters. The van der Waals surface area contributed by atoms with Crippen molar-refractivity contribution in [3.63, 3.8) is 0 Å². The number of nitrogens with zero attached hydrogens (tertiary/aromatic N) is 1. The van der Waals surface area contributed by atoms with Gasteiger partial charge in [0.05, 0.1) is 6.10 Å².